The molecule has 3 aromatic rings. The molecule has 1 aromatic heterocycles. The molecule has 4 rings (SSSR count). The summed E-state index contributed by atoms with van der Waals surface area (Å²) in [6.07, 6.45) is 1.98. The third-order valence-corrected chi connectivity index (χ3v) is 8.78. The van der Waals surface area contributed by atoms with Crippen molar-refractivity contribution in [1.82, 2.24) is 9.21 Å². The molecule has 2 aromatic carbocycles. The summed E-state index contributed by atoms with van der Waals surface area (Å²) in [6, 6.07) is 13.9. The predicted molar refractivity (Wildman–Crippen MR) is 150 cm³/mol. The molecule has 0 N–H and O–H groups in total. The second-order valence-electron chi connectivity index (χ2n) is 10.4. The number of hydrogen-bond donors (Lipinski definition) is 0. The lowest BCUT2D eigenvalue weighted by molar-refractivity contribution is 0.245. The van der Waals surface area contributed by atoms with E-state index in [1.807, 2.05) is 12.1 Å². The number of benzene rings is 2. The van der Waals surface area contributed by atoms with E-state index in [9.17, 15) is 13.2 Å². The van der Waals surface area contributed by atoms with Gasteiger partial charge in [0.15, 0.2) is 0 Å². The van der Waals surface area contributed by atoms with Crippen LogP contribution < -0.4 is 10.2 Å². The van der Waals surface area contributed by atoms with Crippen molar-refractivity contribution < 1.29 is 17.6 Å². The van der Waals surface area contributed by atoms with Gasteiger partial charge in [0, 0.05) is 35.7 Å². The molecule has 10 heteroatoms. The van der Waals surface area contributed by atoms with Crippen molar-refractivity contribution in [2.45, 2.75) is 50.7 Å². The van der Waals surface area contributed by atoms with Crippen LogP contribution in [0.25, 0.3) is 0 Å². The van der Waals surface area contributed by atoms with Crippen LogP contribution in [0.15, 0.2) is 68.9 Å². The summed E-state index contributed by atoms with van der Waals surface area (Å²) in [4.78, 5) is 14.8. The van der Waals surface area contributed by atoms with E-state index in [1.54, 1.807) is 0 Å². The summed E-state index contributed by atoms with van der Waals surface area (Å²) < 4.78 is 39.1. The van der Waals surface area contributed by atoms with Gasteiger partial charge in [0.05, 0.1) is 11.4 Å². The Kier molecular flexibility index (Phi) is 8.89. The van der Waals surface area contributed by atoms with Crippen LogP contribution in [0.4, 0.5) is 0 Å². The van der Waals surface area contributed by atoms with Crippen LogP contribution in [-0.2, 0) is 28.6 Å². The summed E-state index contributed by atoms with van der Waals surface area (Å²) in [6.45, 7) is 8.95. The monoisotopic (exact) mass is 578 g/mol. The Morgan fingerprint density at radius 3 is 2.26 bits per heavy atom. The predicted octanol–water partition coefficient (Wildman–Crippen LogP) is 5.72. The van der Waals surface area contributed by atoms with E-state index in [4.69, 9.17) is 32.4 Å². The van der Waals surface area contributed by atoms with Crippen LogP contribution in [0.1, 0.15) is 44.1 Å². The molecular weight excluding hydrogens is 547 g/mol. The first-order valence-electron chi connectivity index (χ1n) is 12.4. The van der Waals surface area contributed by atoms with Crippen molar-refractivity contribution in [3.8, 4) is 5.75 Å². The average Bonchev–Trinajstić information content (AvgIpc) is 3.09. The van der Waals surface area contributed by atoms with Crippen molar-refractivity contribution >= 4 is 33.2 Å². The van der Waals surface area contributed by atoms with Gasteiger partial charge in [-0.2, -0.15) is 4.31 Å². The van der Waals surface area contributed by atoms with Crippen LogP contribution >= 0.6 is 23.2 Å². The summed E-state index contributed by atoms with van der Waals surface area (Å²) in [5.74, 6) is 0.650. The molecule has 0 unspecified atom stereocenters. The molecule has 204 valence electrons. The fraction of sp³-hybridized carbons (Fsp3) is 0.393. The van der Waals surface area contributed by atoms with Crippen molar-refractivity contribution in [3.05, 3.63) is 91.9 Å². The van der Waals surface area contributed by atoms with Crippen LogP contribution in [0, 0.1) is 0 Å². The van der Waals surface area contributed by atoms with Gasteiger partial charge < -0.3 is 9.15 Å². The minimum Gasteiger partial charge on any atom is -0.482 e. The molecule has 1 aliphatic heterocycles. The fourth-order valence-corrected chi connectivity index (χ4v) is 6.48. The number of hydrogen-bond acceptors (Lipinski definition) is 6. The van der Waals surface area contributed by atoms with Gasteiger partial charge in [-0.15, -0.1) is 0 Å². The number of sulfonamides is 1. The molecule has 0 spiro atoms. The van der Waals surface area contributed by atoms with E-state index in [1.165, 1.54) is 40.4 Å². The lowest BCUT2D eigenvalue weighted by Crippen LogP contribution is -2.35. The first-order valence-corrected chi connectivity index (χ1v) is 14.6. The maximum Gasteiger partial charge on any atom is 0.243 e. The topological polar surface area (TPSA) is 80.1 Å². The minimum absolute atomic E-state index is 0.0701. The lowest BCUT2D eigenvalue weighted by Gasteiger charge is -2.21. The van der Waals surface area contributed by atoms with Crippen molar-refractivity contribution in [2.24, 2.45) is 0 Å². The number of ether oxygens (including phenoxy) is 1. The standard InChI is InChI=1S/C28H32Cl2N2O5S/c1-28(2,3)21-7-5-20(6-8-21)18-37-27-19-36-24(16-26(27)33)17-31-9-4-10-32(12-11-31)38(34,35)25-14-22(29)13-23(30)15-25/h5-8,13-16,19H,4,9-12,17-18H2,1-3H3. The van der Waals surface area contributed by atoms with E-state index in [-0.39, 0.29) is 38.1 Å². The molecule has 1 aliphatic rings. The summed E-state index contributed by atoms with van der Waals surface area (Å²) in [5.41, 5.74) is 2.01. The highest BCUT2D eigenvalue weighted by Gasteiger charge is 2.28. The van der Waals surface area contributed by atoms with Crippen LogP contribution in [0.5, 0.6) is 5.75 Å². The largest absolute Gasteiger partial charge is 0.482 e. The zero-order valence-corrected chi connectivity index (χ0v) is 24.1. The number of halogens is 2. The number of rotatable bonds is 7. The Balaban J connectivity index is 1.35. The molecule has 1 fully saturated rings. The molecule has 7 nitrogen and oxygen atoms in total. The molecule has 2 heterocycles. The molecule has 0 atom stereocenters. The third kappa shape index (κ3) is 7.18. The summed E-state index contributed by atoms with van der Waals surface area (Å²) in [7, 11) is -3.73. The Morgan fingerprint density at radius 2 is 1.63 bits per heavy atom. The quantitative estimate of drug-likeness (QED) is 0.356. The van der Waals surface area contributed by atoms with E-state index in [0.717, 1.165) is 5.56 Å². The third-order valence-electron chi connectivity index (χ3n) is 6.47. The van der Waals surface area contributed by atoms with Crippen LogP contribution in [0.3, 0.4) is 0 Å². The number of nitrogens with zero attached hydrogens (tertiary/aromatic N) is 2. The molecule has 38 heavy (non-hydrogen) atoms. The SMILES string of the molecule is CC(C)(C)c1ccc(COc2coc(CN3CCCN(S(=O)(=O)c4cc(Cl)cc(Cl)c4)CC3)cc2=O)cc1. The van der Waals surface area contributed by atoms with E-state index in [0.29, 0.717) is 44.9 Å². The highest BCUT2D eigenvalue weighted by molar-refractivity contribution is 7.89. The average molecular weight is 580 g/mol. The Bertz CT molecular complexity index is 1410. The van der Waals surface area contributed by atoms with Gasteiger partial charge in [0.1, 0.15) is 18.6 Å². The molecule has 0 amide bonds. The van der Waals surface area contributed by atoms with Crippen LogP contribution in [-0.4, -0.2) is 43.8 Å². The maximum atomic E-state index is 13.1. The van der Waals surface area contributed by atoms with E-state index in [2.05, 4.69) is 37.8 Å². The molecule has 0 bridgehead atoms. The summed E-state index contributed by atoms with van der Waals surface area (Å²) in [5, 5.41) is 0.543. The Labute approximate surface area is 234 Å². The van der Waals surface area contributed by atoms with Crippen LogP contribution in [0.2, 0.25) is 10.0 Å². The highest BCUT2D eigenvalue weighted by atomic mass is 35.5. The summed E-state index contributed by atoms with van der Waals surface area (Å²) >= 11 is 12.0. The van der Waals surface area contributed by atoms with Gasteiger partial charge in [0.2, 0.25) is 21.2 Å². The minimum atomic E-state index is -3.73. The molecule has 0 radical (unpaired) electrons. The van der Waals surface area contributed by atoms with Gasteiger partial charge in [0.25, 0.3) is 0 Å². The van der Waals surface area contributed by atoms with Gasteiger partial charge in [-0.3, -0.25) is 9.69 Å². The fourth-order valence-electron chi connectivity index (χ4n) is 4.28. The molecule has 0 saturated carbocycles. The first kappa shape index (κ1) is 28.6. The Hall–Kier alpha value is -2.36. The lowest BCUT2D eigenvalue weighted by atomic mass is 9.87. The van der Waals surface area contributed by atoms with E-state index < -0.39 is 10.0 Å². The molecular formula is C28H32Cl2N2O5S. The van der Waals surface area contributed by atoms with Gasteiger partial charge in [-0.25, -0.2) is 8.42 Å². The van der Waals surface area contributed by atoms with Crippen molar-refractivity contribution in [2.75, 3.05) is 26.2 Å². The first-order chi connectivity index (χ1) is 17.9. The van der Waals surface area contributed by atoms with Gasteiger partial charge in [-0.1, -0.05) is 68.2 Å². The maximum absolute atomic E-state index is 13.1. The molecule has 1 saturated heterocycles. The van der Waals surface area contributed by atoms with Crippen molar-refractivity contribution in [3.63, 3.8) is 0 Å². The zero-order chi connectivity index (χ0) is 27.5. The second-order valence-corrected chi connectivity index (χ2v) is 13.3. The normalized spacial score (nSPS) is 15.8. The van der Waals surface area contributed by atoms with Crippen molar-refractivity contribution in [1.29, 1.82) is 0 Å². The Morgan fingerprint density at radius 1 is 0.947 bits per heavy atom. The highest BCUT2D eigenvalue weighted by Crippen LogP contribution is 2.26. The van der Waals surface area contributed by atoms with E-state index >= 15 is 0 Å². The second kappa shape index (κ2) is 11.8. The van der Waals surface area contributed by atoms with Gasteiger partial charge in [-0.05, 0) is 47.7 Å². The molecule has 0 aliphatic carbocycles. The zero-order valence-electron chi connectivity index (χ0n) is 21.7. The smallest absolute Gasteiger partial charge is 0.243 e. The van der Waals surface area contributed by atoms with Gasteiger partial charge >= 0.3 is 0 Å².